The lowest BCUT2D eigenvalue weighted by molar-refractivity contribution is -0.384. The van der Waals surface area contributed by atoms with Gasteiger partial charge in [0.15, 0.2) is 0 Å². The fourth-order valence-corrected chi connectivity index (χ4v) is 3.13. The molecule has 0 bridgehead atoms. The van der Waals surface area contributed by atoms with Gasteiger partial charge in [0, 0.05) is 36.2 Å². The quantitative estimate of drug-likeness (QED) is 0.494. The van der Waals surface area contributed by atoms with Crippen molar-refractivity contribution < 1.29 is 9.66 Å². The Balaban J connectivity index is 1.73. The largest absolute Gasteiger partial charge is 0.376 e. The van der Waals surface area contributed by atoms with Crippen LogP contribution in [0.3, 0.4) is 0 Å². The van der Waals surface area contributed by atoms with E-state index >= 15 is 0 Å². The normalized spacial score (nSPS) is 17.3. The lowest BCUT2D eigenvalue weighted by Gasteiger charge is -2.14. The maximum Gasteiger partial charge on any atom is 0.294 e. The number of hydrogen-bond donors (Lipinski definition) is 1. The van der Waals surface area contributed by atoms with Gasteiger partial charge in [-0.15, -0.1) is 0 Å². The van der Waals surface area contributed by atoms with E-state index in [0.717, 1.165) is 42.9 Å². The number of ether oxygens (including phenoxy) is 1. The topological polar surface area (TPSA) is 81.7 Å². The molecule has 0 aliphatic carbocycles. The molecule has 7 nitrogen and oxygen atoms in total. The van der Waals surface area contributed by atoms with E-state index in [2.05, 4.69) is 28.1 Å². The molecule has 25 heavy (non-hydrogen) atoms. The first kappa shape index (κ1) is 17.2. The van der Waals surface area contributed by atoms with E-state index < -0.39 is 4.92 Å². The minimum atomic E-state index is -0.425. The summed E-state index contributed by atoms with van der Waals surface area (Å²) in [6.07, 6.45) is 4.20. The Labute approximate surface area is 146 Å². The van der Waals surface area contributed by atoms with Crippen LogP contribution in [0.4, 0.5) is 11.4 Å². The van der Waals surface area contributed by atoms with Gasteiger partial charge in [-0.2, -0.15) is 5.10 Å². The van der Waals surface area contributed by atoms with Gasteiger partial charge >= 0.3 is 0 Å². The predicted molar refractivity (Wildman–Crippen MR) is 97.2 cm³/mol. The van der Waals surface area contributed by atoms with Crippen LogP contribution in [0, 0.1) is 24.0 Å². The Bertz CT molecular complexity index is 792. The van der Waals surface area contributed by atoms with Crippen molar-refractivity contribution in [2.24, 2.45) is 5.10 Å². The highest BCUT2D eigenvalue weighted by molar-refractivity contribution is 5.82. The van der Waals surface area contributed by atoms with E-state index in [1.165, 1.54) is 6.07 Å². The number of nitro groups is 1. The number of rotatable bonds is 6. The van der Waals surface area contributed by atoms with Crippen LogP contribution in [-0.2, 0) is 11.3 Å². The van der Waals surface area contributed by atoms with E-state index in [1.807, 2.05) is 6.92 Å². The molecule has 1 N–H and O–H groups in total. The summed E-state index contributed by atoms with van der Waals surface area (Å²) < 4.78 is 7.96. The van der Waals surface area contributed by atoms with E-state index in [-0.39, 0.29) is 11.8 Å². The van der Waals surface area contributed by atoms with Gasteiger partial charge in [-0.05, 0) is 38.8 Å². The van der Waals surface area contributed by atoms with E-state index in [1.54, 1.807) is 24.4 Å². The highest BCUT2D eigenvalue weighted by Crippen LogP contribution is 2.23. The lowest BCUT2D eigenvalue weighted by Crippen LogP contribution is -2.16. The summed E-state index contributed by atoms with van der Waals surface area (Å²) in [5.74, 6) is 0. The van der Waals surface area contributed by atoms with Gasteiger partial charge in [-0.3, -0.25) is 15.5 Å². The Morgan fingerprint density at radius 3 is 2.96 bits per heavy atom. The van der Waals surface area contributed by atoms with Crippen LogP contribution in [-0.4, -0.2) is 28.4 Å². The zero-order valence-electron chi connectivity index (χ0n) is 14.4. The number of aryl methyl sites for hydroxylation is 1. The number of anilines is 1. The van der Waals surface area contributed by atoms with Crippen molar-refractivity contribution in [1.82, 2.24) is 4.57 Å². The Morgan fingerprint density at radius 1 is 1.44 bits per heavy atom. The number of aromatic nitrogens is 1. The maximum atomic E-state index is 11.0. The minimum Gasteiger partial charge on any atom is -0.376 e. The van der Waals surface area contributed by atoms with Crippen molar-refractivity contribution >= 4 is 17.6 Å². The molecule has 1 atom stereocenters. The number of para-hydroxylation sites is 2. The second kappa shape index (κ2) is 7.48. The summed E-state index contributed by atoms with van der Waals surface area (Å²) in [6, 6.07) is 8.51. The first-order chi connectivity index (χ1) is 12.1. The monoisotopic (exact) mass is 342 g/mol. The molecule has 1 aromatic carbocycles. The summed E-state index contributed by atoms with van der Waals surface area (Å²) in [7, 11) is 0. The van der Waals surface area contributed by atoms with Crippen molar-refractivity contribution in [3.05, 3.63) is 57.4 Å². The summed E-state index contributed by atoms with van der Waals surface area (Å²) in [6.45, 7) is 5.81. The van der Waals surface area contributed by atoms with Crippen molar-refractivity contribution in [2.75, 3.05) is 12.0 Å². The van der Waals surface area contributed by atoms with Gasteiger partial charge in [0.2, 0.25) is 0 Å². The van der Waals surface area contributed by atoms with Crippen LogP contribution < -0.4 is 5.43 Å². The molecular weight excluding hydrogens is 320 g/mol. The number of benzene rings is 1. The van der Waals surface area contributed by atoms with Crippen molar-refractivity contribution in [3.63, 3.8) is 0 Å². The molecule has 2 aromatic rings. The van der Waals surface area contributed by atoms with Crippen molar-refractivity contribution in [3.8, 4) is 0 Å². The third-order valence-electron chi connectivity index (χ3n) is 4.51. The molecule has 132 valence electrons. The third-order valence-corrected chi connectivity index (χ3v) is 4.51. The number of hydrogen-bond acceptors (Lipinski definition) is 5. The first-order valence-electron chi connectivity index (χ1n) is 8.37. The van der Waals surface area contributed by atoms with Crippen LogP contribution in [0.2, 0.25) is 0 Å². The molecule has 0 spiro atoms. The van der Waals surface area contributed by atoms with Gasteiger partial charge < -0.3 is 9.30 Å². The summed E-state index contributed by atoms with van der Waals surface area (Å²) in [5.41, 5.74) is 6.39. The third kappa shape index (κ3) is 3.88. The average molecular weight is 342 g/mol. The predicted octanol–water partition coefficient (Wildman–Crippen LogP) is 3.64. The lowest BCUT2D eigenvalue weighted by atomic mass is 10.2. The van der Waals surface area contributed by atoms with E-state index in [4.69, 9.17) is 4.74 Å². The van der Waals surface area contributed by atoms with Gasteiger partial charge in [-0.25, -0.2) is 0 Å². The second-order valence-electron chi connectivity index (χ2n) is 6.22. The molecule has 1 aliphatic heterocycles. The Kier molecular flexibility index (Phi) is 5.14. The van der Waals surface area contributed by atoms with Gasteiger partial charge in [0.1, 0.15) is 5.69 Å². The molecule has 0 radical (unpaired) electrons. The fourth-order valence-electron chi connectivity index (χ4n) is 3.13. The van der Waals surface area contributed by atoms with Gasteiger partial charge in [0.05, 0.1) is 17.2 Å². The average Bonchev–Trinajstić information content (AvgIpc) is 3.19. The molecule has 7 heteroatoms. The highest BCUT2D eigenvalue weighted by atomic mass is 16.6. The van der Waals surface area contributed by atoms with Crippen molar-refractivity contribution in [1.29, 1.82) is 0 Å². The first-order valence-corrected chi connectivity index (χ1v) is 8.37. The minimum absolute atomic E-state index is 0.00325. The van der Waals surface area contributed by atoms with Crippen LogP contribution in [0.1, 0.15) is 29.8 Å². The summed E-state index contributed by atoms with van der Waals surface area (Å²) in [5, 5.41) is 15.2. The molecule has 0 amide bonds. The van der Waals surface area contributed by atoms with Crippen LogP contribution in [0.25, 0.3) is 0 Å². The molecular formula is C18H22N4O3. The molecule has 1 fully saturated rings. The van der Waals surface area contributed by atoms with E-state index in [0.29, 0.717) is 5.69 Å². The SMILES string of the molecule is Cc1cc(/C=N\Nc2ccccc2[N+](=O)[O-])c(C)n1C[C@@H]1CCCO1. The number of nitrogens with one attached hydrogen (secondary N) is 1. The zero-order chi connectivity index (χ0) is 17.8. The molecule has 1 aliphatic rings. The molecule has 3 rings (SSSR count). The molecule has 1 aromatic heterocycles. The number of nitro benzene ring substituents is 1. The number of nitrogens with zero attached hydrogens (tertiary/aromatic N) is 3. The second-order valence-corrected chi connectivity index (χ2v) is 6.22. The fraction of sp³-hybridized carbons (Fsp3) is 0.389. The number of hydrazone groups is 1. The highest BCUT2D eigenvalue weighted by Gasteiger charge is 2.18. The van der Waals surface area contributed by atoms with Crippen LogP contribution in [0.5, 0.6) is 0 Å². The van der Waals surface area contributed by atoms with Crippen LogP contribution in [0.15, 0.2) is 35.4 Å². The standard InChI is InChI=1S/C18H22N4O3/c1-13-10-15(14(2)21(13)12-16-6-5-9-25-16)11-19-20-17-7-3-4-8-18(17)22(23)24/h3-4,7-8,10-11,16,20H,5-6,9,12H2,1-2H3/b19-11-/t16-/m0/s1. The molecule has 2 heterocycles. The maximum absolute atomic E-state index is 11.0. The molecule has 1 saturated heterocycles. The van der Waals surface area contributed by atoms with E-state index in [9.17, 15) is 10.1 Å². The smallest absolute Gasteiger partial charge is 0.294 e. The van der Waals surface area contributed by atoms with Crippen molar-refractivity contribution in [2.45, 2.75) is 39.3 Å². The summed E-state index contributed by atoms with van der Waals surface area (Å²) >= 11 is 0. The Morgan fingerprint density at radius 2 is 2.24 bits per heavy atom. The Hall–Kier alpha value is -2.67. The van der Waals surface area contributed by atoms with Crippen LogP contribution >= 0.6 is 0 Å². The van der Waals surface area contributed by atoms with Gasteiger partial charge in [0.25, 0.3) is 5.69 Å². The molecule has 0 unspecified atom stereocenters. The summed E-state index contributed by atoms with van der Waals surface area (Å²) in [4.78, 5) is 10.6. The zero-order valence-corrected chi connectivity index (χ0v) is 14.4. The molecule has 0 saturated carbocycles. The van der Waals surface area contributed by atoms with Gasteiger partial charge in [-0.1, -0.05) is 12.1 Å².